The summed E-state index contributed by atoms with van der Waals surface area (Å²) < 4.78 is 14.6. The monoisotopic (exact) mass is 289 g/mol. The molecule has 1 unspecified atom stereocenters. The largest absolute Gasteiger partial charge is 0.464 e. The van der Waals surface area contributed by atoms with Crippen molar-refractivity contribution in [1.82, 2.24) is 5.32 Å². The number of carbonyl (C=O) groups is 3. The third-order valence-corrected chi connectivity index (χ3v) is 2.93. The Morgan fingerprint density at radius 2 is 1.50 bits per heavy atom. The van der Waals surface area contributed by atoms with Crippen molar-refractivity contribution in [3.63, 3.8) is 0 Å². The smallest absolute Gasteiger partial charge is 0.340 e. The average Bonchev–Trinajstić information content (AvgIpc) is 2.43. The summed E-state index contributed by atoms with van der Waals surface area (Å²) in [6.45, 7) is 6.73. The topological polar surface area (TPSA) is 90.9 Å². The highest BCUT2D eigenvalue weighted by Gasteiger charge is 2.38. The van der Waals surface area contributed by atoms with E-state index in [4.69, 9.17) is 14.2 Å². The van der Waals surface area contributed by atoms with Crippen molar-refractivity contribution in [2.75, 3.05) is 20.3 Å². The van der Waals surface area contributed by atoms with Crippen molar-refractivity contribution >= 4 is 17.8 Å². The van der Waals surface area contributed by atoms with E-state index in [1.807, 2.05) is 0 Å². The first-order chi connectivity index (χ1) is 9.36. The molecule has 0 radical (unpaired) electrons. The van der Waals surface area contributed by atoms with E-state index in [2.05, 4.69) is 5.32 Å². The molecule has 7 heteroatoms. The van der Waals surface area contributed by atoms with Crippen molar-refractivity contribution in [1.29, 1.82) is 0 Å². The first-order valence-corrected chi connectivity index (χ1v) is 6.55. The molecule has 1 N–H and O–H groups in total. The van der Waals surface area contributed by atoms with E-state index < -0.39 is 29.5 Å². The van der Waals surface area contributed by atoms with E-state index in [1.54, 1.807) is 27.7 Å². The zero-order valence-corrected chi connectivity index (χ0v) is 12.6. The van der Waals surface area contributed by atoms with Gasteiger partial charge < -0.3 is 19.5 Å². The van der Waals surface area contributed by atoms with Crippen LogP contribution in [0.15, 0.2) is 0 Å². The van der Waals surface area contributed by atoms with E-state index >= 15 is 0 Å². The standard InChI is InChI=1S/C13H23NO6/c1-6-13(4,18-5)12(17)14-9(10(15)19-7-2)11(16)20-8-3/h9H,6-8H2,1-5H3,(H,14,17). The van der Waals surface area contributed by atoms with Gasteiger partial charge in [0.15, 0.2) is 0 Å². The van der Waals surface area contributed by atoms with Gasteiger partial charge in [0.05, 0.1) is 13.2 Å². The van der Waals surface area contributed by atoms with Crippen LogP contribution in [-0.2, 0) is 28.6 Å². The molecule has 1 atom stereocenters. The minimum absolute atomic E-state index is 0.0972. The number of hydrogen-bond donors (Lipinski definition) is 1. The first kappa shape index (κ1) is 18.4. The second-order valence-electron chi connectivity index (χ2n) is 4.20. The van der Waals surface area contributed by atoms with Gasteiger partial charge in [-0.05, 0) is 27.2 Å². The molecular weight excluding hydrogens is 266 g/mol. The third kappa shape index (κ3) is 4.80. The minimum Gasteiger partial charge on any atom is -0.464 e. The average molecular weight is 289 g/mol. The van der Waals surface area contributed by atoms with E-state index in [1.165, 1.54) is 7.11 Å². The second-order valence-corrected chi connectivity index (χ2v) is 4.20. The maximum atomic E-state index is 12.1. The first-order valence-electron chi connectivity index (χ1n) is 6.55. The van der Waals surface area contributed by atoms with Gasteiger partial charge in [-0.1, -0.05) is 6.92 Å². The molecule has 0 aromatic heterocycles. The number of amides is 1. The van der Waals surface area contributed by atoms with Crippen molar-refractivity contribution in [3.05, 3.63) is 0 Å². The summed E-state index contributed by atoms with van der Waals surface area (Å²) in [6.07, 6.45) is 0.383. The fourth-order valence-electron chi connectivity index (χ4n) is 1.35. The van der Waals surface area contributed by atoms with Crippen LogP contribution < -0.4 is 5.32 Å². The highest BCUT2D eigenvalue weighted by atomic mass is 16.6. The number of methoxy groups -OCH3 is 1. The summed E-state index contributed by atoms with van der Waals surface area (Å²) in [5.41, 5.74) is -1.13. The fourth-order valence-corrected chi connectivity index (χ4v) is 1.35. The molecule has 20 heavy (non-hydrogen) atoms. The van der Waals surface area contributed by atoms with E-state index in [9.17, 15) is 14.4 Å². The van der Waals surface area contributed by atoms with Gasteiger partial charge in [-0.25, -0.2) is 9.59 Å². The molecule has 1 amide bonds. The summed E-state index contributed by atoms with van der Waals surface area (Å²) in [6, 6.07) is -1.48. The van der Waals surface area contributed by atoms with Crippen LogP contribution in [0.5, 0.6) is 0 Å². The Morgan fingerprint density at radius 3 is 1.80 bits per heavy atom. The van der Waals surface area contributed by atoms with Crippen molar-refractivity contribution in [3.8, 4) is 0 Å². The fraction of sp³-hybridized carbons (Fsp3) is 0.769. The lowest BCUT2D eigenvalue weighted by Gasteiger charge is -2.27. The van der Waals surface area contributed by atoms with Crippen LogP contribution in [0.3, 0.4) is 0 Å². The number of esters is 2. The van der Waals surface area contributed by atoms with Gasteiger partial charge in [0.1, 0.15) is 5.60 Å². The van der Waals surface area contributed by atoms with Gasteiger partial charge in [0, 0.05) is 7.11 Å². The molecule has 0 aliphatic carbocycles. The minimum atomic E-state index is -1.48. The van der Waals surface area contributed by atoms with Gasteiger partial charge in [0.25, 0.3) is 5.91 Å². The molecule has 0 rings (SSSR count). The van der Waals surface area contributed by atoms with Crippen LogP contribution in [0, 0.1) is 0 Å². The van der Waals surface area contributed by atoms with Crippen molar-refractivity contribution < 1.29 is 28.6 Å². The van der Waals surface area contributed by atoms with E-state index in [-0.39, 0.29) is 13.2 Å². The Labute approximate surface area is 118 Å². The van der Waals surface area contributed by atoms with Gasteiger partial charge in [0.2, 0.25) is 6.04 Å². The number of rotatable bonds is 8. The molecule has 0 aliphatic heterocycles. The zero-order chi connectivity index (χ0) is 15.8. The Bertz CT molecular complexity index is 333. The molecule has 0 fully saturated rings. The van der Waals surface area contributed by atoms with Crippen LogP contribution in [0.2, 0.25) is 0 Å². The predicted molar refractivity (Wildman–Crippen MR) is 70.9 cm³/mol. The van der Waals surface area contributed by atoms with E-state index in [0.717, 1.165) is 0 Å². The summed E-state index contributed by atoms with van der Waals surface area (Å²) >= 11 is 0. The summed E-state index contributed by atoms with van der Waals surface area (Å²) in [4.78, 5) is 35.5. The van der Waals surface area contributed by atoms with Gasteiger partial charge >= 0.3 is 11.9 Å². The Kier molecular flexibility index (Phi) is 7.83. The highest BCUT2D eigenvalue weighted by molar-refractivity contribution is 6.03. The second kappa shape index (κ2) is 8.52. The van der Waals surface area contributed by atoms with Crippen molar-refractivity contribution in [2.45, 2.75) is 45.8 Å². The molecule has 0 aliphatic rings. The molecule has 0 saturated heterocycles. The Morgan fingerprint density at radius 1 is 1.05 bits per heavy atom. The quantitative estimate of drug-likeness (QED) is 0.514. The van der Waals surface area contributed by atoms with Crippen LogP contribution >= 0.6 is 0 Å². The van der Waals surface area contributed by atoms with Crippen LogP contribution in [-0.4, -0.2) is 49.8 Å². The van der Waals surface area contributed by atoms with Gasteiger partial charge in [-0.15, -0.1) is 0 Å². The maximum Gasteiger partial charge on any atom is 0.340 e. The van der Waals surface area contributed by atoms with Gasteiger partial charge in [-0.2, -0.15) is 0 Å². The molecular formula is C13H23NO6. The summed E-state index contributed by atoms with van der Waals surface area (Å²) in [7, 11) is 1.38. The molecule has 0 aromatic rings. The SMILES string of the molecule is CCOC(=O)C(NC(=O)C(C)(CC)OC)C(=O)OCC. The van der Waals surface area contributed by atoms with Crippen LogP contribution in [0.4, 0.5) is 0 Å². The van der Waals surface area contributed by atoms with Crippen LogP contribution in [0.1, 0.15) is 34.1 Å². The molecule has 0 aromatic carbocycles. The molecule has 0 bridgehead atoms. The lowest BCUT2D eigenvalue weighted by Crippen LogP contribution is -2.55. The molecule has 0 heterocycles. The normalized spacial score (nSPS) is 13.5. The van der Waals surface area contributed by atoms with E-state index in [0.29, 0.717) is 6.42 Å². The molecule has 0 spiro atoms. The maximum absolute atomic E-state index is 12.1. The number of hydrogen-bond acceptors (Lipinski definition) is 6. The van der Waals surface area contributed by atoms with Gasteiger partial charge in [-0.3, -0.25) is 4.79 Å². The lowest BCUT2D eigenvalue weighted by atomic mass is 10.0. The Balaban J connectivity index is 5.02. The third-order valence-electron chi connectivity index (χ3n) is 2.93. The van der Waals surface area contributed by atoms with Crippen molar-refractivity contribution in [2.24, 2.45) is 0 Å². The number of carbonyl (C=O) groups excluding carboxylic acids is 3. The molecule has 7 nitrogen and oxygen atoms in total. The zero-order valence-electron chi connectivity index (χ0n) is 12.6. The number of ether oxygens (including phenoxy) is 3. The lowest BCUT2D eigenvalue weighted by molar-refractivity contribution is -0.162. The Hall–Kier alpha value is -1.63. The van der Waals surface area contributed by atoms with Crippen LogP contribution in [0.25, 0.3) is 0 Å². The summed E-state index contributed by atoms with van der Waals surface area (Å²) in [5.74, 6) is -2.28. The molecule has 0 saturated carbocycles. The summed E-state index contributed by atoms with van der Waals surface area (Å²) in [5, 5.41) is 2.32. The number of nitrogens with one attached hydrogen (secondary N) is 1. The predicted octanol–water partition coefficient (Wildman–Crippen LogP) is 0.413. The highest BCUT2D eigenvalue weighted by Crippen LogP contribution is 2.14. The molecule has 116 valence electrons.